The maximum absolute atomic E-state index is 12.4. The molecule has 1 heterocycles. The monoisotopic (exact) mass is 362 g/mol. The zero-order valence-corrected chi connectivity index (χ0v) is 15.1. The van der Waals surface area contributed by atoms with Gasteiger partial charge >= 0.3 is 0 Å². The third-order valence-electron chi connectivity index (χ3n) is 4.30. The first-order valence-electron chi connectivity index (χ1n) is 8.42. The molecule has 1 saturated carbocycles. The molecule has 0 aliphatic heterocycles. The highest BCUT2D eigenvalue weighted by Gasteiger charge is 2.26. The van der Waals surface area contributed by atoms with Crippen molar-refractivity contribution in [1.82, 2.24) is 14.5 Å². The molecule has 3 rings (SSSR count). The molecule has 25 heavy (non-hydrogen) atoms. The fourth-order valence-corrected chi connectivity index (χ4v) is 4.13. The number of benzene rings is 1. The zero-order chi connectivity index (χ0) is 18.0. The minimum atomic E-state index is -3.49. The summed E-state index contributed by atoms with van der Waals surface area (Å²) in [6, 6.07) is 7.95. The van der Waals surface area contributed by atoms with Crippen LogP contribution in [0.4, 0.5) is 5.69 Å². The molecular weight excluding hydrogens is 340 g/mol. The average Bonchev–Trinajstić information content (AvgIpc) is 3.33. The molecule has 1 fully saturated rings. The Morgan fingerprint density at radius 1 is 1.24 bits per heavy atom. The van der Waals surface area contributed by atoms with Crippen molar-refractivity contribution in [3.63, 3.8) is 0 Å². The standard InChI is InChI=1S/C17H22N4O3S/c1-3-21(4-2)25(23,24)14-9-7-13(8-10-14)18-17(22)16-11-15(19-20-16)12-5-6-12/h7-12H,3-6H2,1-2H3,(H,18,22)(H,19,20). The number of carbonyl (C=O) groups is 1. The maximum Gasteiger partial charge on any atom is 0.276 e. The van der Waals surface area contributed by atoms with Gasteiger partial charge in [-0.05, 0) is 43.2 Å². The number of carbonyl (C=O) groups excluding carboxylic acids is 1. The summed E-state index contributed by atoms with van der Waals surface area (Å²) >= 11 is 0. The summed E-state index contributed by atoms with van der Waals surface area (Å²) in [4.78, 5) is 12.4. The molecule has 1 aliphatic carbocycles. The van der Waals surface area contributed by atoms with E-state index < -0.39 is 10.0 Å². The summed E-state index contributed by atoms with van der Waals surface area (Å²) in [5.41, 5.74) is 1.85. The Bertz CT molecular complexity index is 850. The van der Waals surface area contributed by atoms with Gasteiger partial charge in [0.1, 0.15) is 0 Å². The van der Waals surface area contributed by atoms with Gasteiger partial charge in [0.2, 0.25) is 10.0 Å². The van der Waals surface area contributed by atoms with Gasteiger partial charge in [0.05, 0.1) is 4.90 Å². The van der Waals surface area contributed by atoms with Gasteiger partial charge in [-0.2, -0.15) is 9.40 Å². The van der Waals surface area contributed by atoms with Gasteiger partial charge in [0, 0.05) is 30.4 Å². The van der Waals surface area contributed by atoms with Crippen LogP contribution in [-0.4, -0.2) is 41.9 Å². The Hall–Kier alpha value is -2.19. The van der Waals surface area contributed by atoms with E-state index in [4.69, 9.17) is 0 Å². The molecular formula is C17H22N4O3S. The molecule has 8 heteroatoms. The molecule has 0 saturated heterocycles. The fraction of sp³-hybridized carbons (Fsp3) is 0.412. The van der Waals surface area contributed by atoms with Gasteiger partial charge in [-0.25, -0.2) is 8.42 Å². The van der Waals surface area contributed by atoms with E-state index in [0.717, 1.165) is 18.5 Å². The number of H-pyrrole nitrogens is 1. The van der Waals surface area contributed by atoms with Crippen LogP contribution in [0.5, 0.6) is 0 Å². The summed E-state index contributed by atoms with van der Waals surface area (Å²) in [6.45, 7) is 4.43. The van der Waals surface area contributed by atoms with E-state index >= 15 is 0 Å². The van der Waals surface area contributed by atoms with Gasteiger partial charge in [0.15, 0.2) is 5.69 Å². The van der Waals surface area contributed by atoms with E-state index in [1.807, 2.05) is 0 Å². The van der Waals surface area contributed by atoms with Crippen molar-refractivity contribution in [1.29, 1.82) is 0 Å². The maximum atomic E-state index is 12.4. The number of aromatic amines is 1. The van der Waals surface area contributed by atoms with Crippen LogP contribution in [-0.2, 0) is 10.0 Å². The van der Waals surface area contributed by atoms with Crippen molar-refractivity contribution < 1.29 is 13.2 Å². The second kappa shape index (κ2) is 6.97. The van der Waals surface area contributed by atoms with Crippen molar-refractivity contribution in [3.8, 4) is 0 Å². The third kappa shape index (κ3) is 3.74. The van der Waals surface area contributed by atoms with E-state index in [1.54, 1.807) is 32.0 Å². The Balaban J connectivity index is 1.70. The molecule has 2 aromatic rings. The lowest BCUT2D eigenvalue weighted by atomic mass is 10.2. The van der Waals surface area contributed by atoms with Crippen LogP contribution in [0.15, 0.2) is 35.2 Å². The number of rotatable bonds is 7. The number of aromatic nitrogens is 2. The van der Waals surface area contributed by atoms with Crippen molar-refractivity contribution in [3.05, 3.63) is 41.7 Å². The summed E-state index contributed by atoms with van der Waals surface area (Å²) in [5.74, 6) is 0.182. The quantitative estimate of drug-likeness (QED) is 0.791. The second-order valence-corrected chi connectivity index (χ2v) is 7.99. The topological polar surface area (TPSA) is 95.2 Å². The highest BCUT2D eigenvalue weighted by atomic mass is 32.2. The van der Waals surface area contributed by atoms with Crippen LogP contribution in [0.3, 0.4) is 0 Å². The van der Waals surface area contributed by atoms with Crippen LogP contribution >= 0.6 is 0 Å². The largest absolute Gasteiger partial charge is 0.321 e. The Morgan fingerprint density at radius 3 is 2.44 bits per heavy atom. The highest BCUT2D eigenvalue weighted by molar-refractivity contribution is 7.89. The second-order valence-electron chi connectivity index (χ2n) is 6.05. The molecule has 0 bridgehead atoms. The molecule has 134 valence electrons. The molecule has 0 atom stereocenters. The number of amides is 1. The van der Waals surface area contributed by atoms with Gasteiger partial charge in [-0.3, -0.25) is 9.89 Å². The van der Waals surface area contributed by atoms with E-state index in [-0.39, 0.29) is 10.8 Å². The van der Waals surface area contributed by atoms with Crippen molar-refractivity contribution in [2.45, 2.75) is 37.5 Å². The highest BCUT2D eigenvalue weighted by Crippen LogP contribution is 2.39. The SMILES string of the molecule is CCN(CC)S(=O)(=O)c1ccc(NC(=O)c2cc(C3CC3)[nH]n2)cc1. The van der Waals surface area contributed by atoms with Gasteiger partial charge < -0.3 is 5.32 Å². The molecule has 1 aliphatic rings. The fourth-order valence-electron chi connectivity index (χ4n) is 2.67. The normalized spacial score (nSPS) is 14.7. The van der Waals surface area contributed by atoms with Crippen LogP contribution in [0.1, 0.15) is 48.8 Å². The van der Waals surface area contributed by atoms with Crippen LogP contribution in [0, 0.1) is 0 Å². The van der Waals surface area contributed by atoms with E-state index in [9.17, 15) is 13.2 Å². The van der Waals surface area contributed by atoms with Crippen LogP contribution in [0.25, 0.3) is 0 Å². The molecule has 2 N–H and O–H groups in total. The first-order valence-corrected chi connectivity index (χ1v) is 9.86. The number of anilines is 1. The first kappa shape index (κ1) is 17.6. The molecule has 0 unspecified atom stereocenters. The lowest BCUT2D eigenvalue weighted by Crippen LogP contribution is -2.30. The van der Waals surface area contributed by atoms with Crippen molar-refractivity contribution in [2.24, 2.45) is 0 Å². The smallest absolute Gasteiger partial charge is 0.276 e. The Kier molecular flexibility index (Phi) is 4.91. The van der Waals surface area contributed by atoms with Crippen molar-refractivity contribution >= 4 is 21.6 Å². The average molecular weight is 362 g/mol. The third-order valence-corrected chi connectivity index (χ3v) is 6.37. The molecule has 0 radical (unpaired) electrons. The number of nitrogens with one attached hydrogen (secondary N) is 2. The predicted octanol–water partition coefficient (Wildman–Crippen LogP) is 2.57. The molecule has 1 amide bonds. The Morgan fingerprint density at radius 2 is 1.88 bits per heavy atom. The van der Waals surface area contributed by atoms with Crippen LogP contribution in [0.2, 0.25) is 0 Å². The lowest BCUT2D eigenvalue weighted by Gasteiger charge is -2.18. The summed E-state index contributed by atoms with van der Waals surface area (Å²) in [5, 5.41) is 9.67. The molecule has 0 spiro atoms. The molecule has 7 nitrogen and oxygen atoms in total. The number of hydrogen-bond donors (Lipinski definition) is 2. The van der Waals surface area contributed by atoms with Crippen molar-refractivity contribution in [2.75, 3.05) is 18.4 Å². The summed E-state index contributed by atoms with van der Waals surface area (Å²) in [6.07, 6.45) is 2.26. The van der Waals surface area contributed by atoms with Gasteiger partial charge in [0.25, 0.3) is 5.91 Å². The lowest BCUT2D eigenvalue weighted by molar-refractivity contribution is 0.102. The number of hydrogen-bond acceptors (Lipinski definition) is 4. The van der Waals surface area contributed by atoms with E-state index in [2.05, 4.69) is 15.5 Å². The number of sulfonamides is 1. The zero-order valence-electron chi connectivity index (χ0n) is 14.3. The Labute approximate surface area is 147 Å². The minimum Gasteiger partial charge on any atom is -0.321 e. The van der Waals surface area contributed by atoms with Gasteiger partial charge in [-0.15, -0.1) is 0 Å². The van der Waals surface area contributed by atoms with Gasteiger partial charge in [-0.1, -0.05) is 13.8 Å². The first-order chi connectivity index (χ1) is 12.0. The van der Waals surface area contributed by atoms with E-state index in [0.29, 0.717) is 30.4 Å². The summed E-state index contributed by atoms with van der Waals surface area (Å²) < 4.78 is 26.3. The van der Waals surface area contributed by atoms with Crippen LogP contribution < -0.4 is 5.32 Å². The molecule has 1 aromatic carbocycles. The predicted molar refractivity (Wildman–Crippen MR) is 95.1 cm³/mol. The number of nitrogens with zero attached hydrogens (tertiary/aromatic N) is 2. The van der Waals surface area contributed by atoms with E-state index in [1.165, 1.54) is 16.4 Å². The minimum absolute atomic E-state index is 0.213. The molecule has 1 aromatic heterocycles. The summed E-state index contributed by atoms with van der Waals surface area (Å²) in [7, 11) is -3.49.